The smallest absolute Gasteiger partial charge is 0.262 e. The largest absolute Gasteiger partial charge is 0.483 e. The van der Waals surface area contributed by atoms with Crippen molar-refractivity contribution >= 4 is 33.4 Å². The molecule has 0 aliphatic carbocycles. The Bertz CT molecular complexity index is 824. The number of carbonyl (C=O) groups is 2. The molecule has 0 fully saturated rings. The molecule has 1 atom stereocenters. The van der Waals surface area contributed by atoms with Crippen molar-refractivity contribution in [1.29, 1.82) is 0 Å². The minimum atomic E-state index is -0.278. The Morgan fingerprint density at radius 1 is 1.14 bits per heavy atom. The highest BCUT2D eigenvalue weighted by Crippen LogP contribution is 2.30. The fourth-order valence-electron chi connectivity index (χ4n) is 2.59. The molecule has 0 heterocycles. The van der Waals surface area contributed by atoms with Crippen LogP contribution in [0.15, 0.2) is 46.9 Å². The van der Waals surface area contributed by atoms with Crippen LogP contribution in [0, 0.1) is 0 Å². The van der Waals surface area contributed by atoms with Gasteiger partial charge in [0, 0.05) is 24.9 Å². The van der Waals surface area contributed by atoms with Gasteiger partial charge in [-0.05, 0) is 70.2 Å². The molecular formula is C22H27BrN2O4. The van der Waals surface area contributed by atoms with Gasteiger partial charge in [-0.1, -0.05) is 19.9 Å². The summed E-state index contributed by atoms with van der Waals surface area (Å²) in [4.78, 5) is 24.1. The van der Waals surface area contributed by atoms with Crippen LogP contribution in [0.3, 0.4) is 0 Å². The summed E-state index contributed by atoms with van der Waals surface area (Å²) in [6, 6.07) is 12.6. The second kappa shape index (κ2) is 11.6. The maximum Gasteiger partial charge on any atom is 0.262 e. The van der Waals surface area contributed by atoms with Gasteiger partial charge in [-0.25, -0.2) is 0 Å². The Kier molecular flexibility index (Phi) is 9.15. The molecule has 29 heavy (non-hydrogen) atoms. The van der Waals surface area contributed by atoms with Crippen LogP contribution in [-0.2, 0) is 9.53 Å². The van der Waals surface area contributed by atoms with Gasteiger partial charge in [0.1, 0.15) is 5.75 Å². The molecule has 0 aromatic heterocycles. The SMILES string of the molecule is CCC(C)c1ccc(OCC(=O)Nc2ccc(C(=O)NCCOC)cc2)c(Br)c1. The van der Waals surface area contributed by atoms with Crippen LogP contribution in [0.2, 0.25) is 0 Å². The van der Waals surface area contributed by atoms with E-state index in [1.54, 1.807) is 31.4 Å². The van der Waals surface area contributed by atoms with Crippen LogP contribution in [0.25, 0.3) is 0 Å². The Morgan fingerprint density at radius 3 is 2.48 bits per heavy atom. The molecule has 0 aliphatic rings. The maximum absolute atomic E-state index is 12.2. The first-order valence-electron chi connectivity index (χ1n) is 9.53. The molecule has 0 radical (unpaired) electrons. The van der Waals surface area contributed by atoms with Gasteiger partial charge in [-0.3, -0.25) is 9.59 Å². The van der Waals surface area contributed by atoms with E-state index in [2.05, 4.69) is 40.4 Å². The fourth-order valence-corrected chi connectivity index (χ4v) is 3.10. The zero-order chi connectivity index (χ0) is 21.2. The number of methoxy groups -OCH3 is 1. The van der Waals surface area contributed by atoms with Gasteiger partial charge in [-0.2, -0.15) is 0 Å². The number of benzene rings is 2. The molecule has 2 aromatic carbocycles. The molecule has 156 valence electrons. The van der Waals surface area contributed by atoms with Crippen molar-refractivity contribution in [3.05, 3.63) is 58.1 Å². The zero-order valence-electron chi connectivity index (χ0n) is 17.0. The normalized spacial score (nSPS) is 11.6. The summed E-state index contributed by atoms with van der Waals surface area (Å²) in [5.41, 5.74) is 2.33. The number of carbonyl (C=O) groups excluding carboxylic acids is 2. The van der Waals surface area contributed by atoms with Crippen molar-refractivity contribution in [2.24, 2.45) is 0 Å². The Balaban J connectivity index is 1.85. The van der Waals surface area contributed by atoms with E-state index in [9.17, 15) is 9.59 Å². The predicted molar refractivity (Wildman–Crippen MR) is 118 cm³/mol. The third-order valence-corrected chi connectivity index (χ3v) is 5.14. The summed E-state index contributed by atoms with van der Waals surface area (Å²) in [6.07, 6.45) is 1.06. The van der Waals surface area contributed by atoms with E-state index in [1.165, 1.54) is 5.56 Å². The van der Waals surface area contributed by atoms with Gasteiger partial charge in [-0.15, -0.1) is 0 Å². The number of nitrogens with one attached hydrogen (secondary N) is 2. The summed E-state index contributed by atoms with van der Waals surface area (Å²) in [5.74, 6) is 0.623. The van der Waals surface area contributed by atoms with E-state index in [0.717, 1.165) is 10.9 Å². The molecule has 2 rings (SSSR count). The molecule has 1 unspecified atom stereocenters. The van der Waals surface area contributed by atoms with Gasteiger partial charge < -0.3 is 20.1 Å². The van der Waals surface area contributed by atoms with Crippen LogP contribution in [0.5, 0.6) is 5.75 Å². The molecule has 0 aliphatic heterocycles. The van der Waals surface area contributed by atoms with Crippen molar-refractivity contribution in [3.63, 3.8) is 0 Å². The van der Waals surface area contributed by atoms with E-state index >= 15 is 0 Å². The molecular weight excluding hydrogens is 436 g/mol. The zero-order valence-corrected chi connectivity index (χ0v) is 18.5. The number of ether oxygens (including phenoxy) is 2. The lowest BCUT2D eigenvalue weighted by Crippen LogP contribution is -2.26. The highest BCUT2D eigenvalue weighted by Gasteiger charge is 2.10. The quantitative estimate of drug-likeness (QED) is 0.514. The third-order valence-electron chi connectivity index (χ3n) is 4.52. The number of hydrogen-bond acceptors (Lipinski definition) is 4. The highest BCUT2D eigenvalue weighted by atomic mass is 79.9. The number of halogens is 1. The minimum absolute atomic E-state index is 0.111. The lowest BCUT2D eigenvalue weighted by molar-refractivity contribution is -0.118. The fraction of sp³-hybridized carbons (Fsp3) is 0.364. The minimum Gasteiger partial charge on any atom is -0.483 e. The van der Waals surface area contributed by atoms with Crippen LogP contribution in [-0.4, -0.2) is 38.7 Å². The van der Waals surface area contributed by atoms with E-state index in [4.69, 9.17) is 9.47 Å². The molecule has 2 aromatic rings. The van der Waals surface area contributed by atoms with Crippen molar-refractivity contribution in [1.82, 2.24) is 5.32 Å². The summed E-state index contributed by atoms with van der Waals surface area (Å²) >= 11 is 3.50. The van der Waals surface area contributed by atoms with Crippen LogP contribution >= 0.6 is 15.9 Å². The molecule has 7 heteroatoms. The average Bonchev–Trinajstić information content (AvgIpc) is 2.72. The first-order valence-corrected chi connectivity index (χ1v) is 10.3. The number of amides is 2. The monoisotopic (exact) mass is 462 g/mol. The molecule has 0 spiro atoms. The lowest BCUT2D eigenvalue weighted by Gasteiger charge is -2.13. The van der Waals surface area contributed by atoms with Crippen LogP contribution in [0.4, 0.5) is 5.69 Å². The summed E-state index contributed by atoms with van der Waals surface area (Å²) in [7, 11) is 1.58. The van der Waals surface area contributed by atoms with Gasteiger partial charge in [0.05, 0.1) is 11.1 Å². The molecule has 0 saturated carbocycles. The van der Waals surface area contributed by atoms with Crippen LogP contribution < -0.4 is 15.4 Å². The van der Waals surface area contributed by atoms with Crippen molar-refractivity contribution < 1.29 is 19.1 Å². The molecule has 2 N–H and O–H groups in total. The first-order chi connectivity index (χ1) is 13.9. The summed E-state index contributed by atoms with van der Waals surface area (Å²) in [6.45, 7) is 5.11. The maximum atomic E-state index is 12.2. The molecule has 2 amide bonds. The third kappa shape index (κ3) is 7.18. The van der Waals surface area contributed by atoms with E-state index in [1.807, 2.05) is 18.2 Å². The van der Waals surface area contributed by atoms with Crippen LogP contribution in [0.1, 0.15) is 42.1 Å². The van der Waals surface area contributed by atoms with Gasteiger partial charge in [0.25, 0.3) is 11.8 Å². The molecule has 0 saturated heterocycles. The standard InChI is InChI=1S/C22H27BrN2O4/c1-4-15(2)17-7-10-20(19(23)13-17)29-14-21(26)25-18-8-5-16(6-9-18)22(27)24-11-12-28-3/h5-10,13,15H,4,11-12,14H2,1-3H3,(H,24,27)(H,25,26). The second-order valence-corrected chi connectivity index (χ2v) is 7.52. The highest BCUT2D eigenvalue weighted by molar-refractivity contribution is 9.10. The van der Waals surface area contributed by atoms with E-state index in [0.29, 0.717) is 36.1 Å². The topological polar surface area (TPSA) is 76.7 Å². The predicted octanol–water partition coefficient (Wildman–Crippen LogP) is 4.36. The van der Waals surface area contributed by atoms with Gasteiger partial charge in [0.2, 0.25) is 0 Å². The second-order valence-electron chi connectivity index (χ2n) is 6.66. The van der Waals surface area contributed by atoms with Crippen molar-refractivity contribution in [2.75, 3.05) is 32.2 Å². The van der Waals surface area contributed by atoms with Crippen molar-refractivity contribution in [3.8, 4) is 5.75 Å². The Morgan fingerprint density at radius 2 is 1.86 bits per heavy atom. The molecule has 6 nitrogen and oxygen atoms in total. The number of anilines is 1. The molecule has 0 bridgehead atoms. The Hall–Kier alpha value is -2.38. The summed E-state index contributed by atoms with van der Waals surface area (Å²) in [5, 5.41) is 5.50. The van der Waals surface area contributed by atoms with Gasteiger partial charge in [0.15, 0.2) is 6.61 Å². The Labute approximate surface area is 180 Å². The van der Waals surface area contributed by atoms with E-state index in [-0.39, 0.29) is 18.4 Å². The van der Waals surface area contributed by atoms with E-state index < -0.39 is 0 Å². The van der Waals surface area contributed by atoms with Gasteiger partial charge >= 0.3 is 0 Å². The lowest BCUT2D eigenvalue weighted by atomic mass is 9.99. The van der Waals surface area contributed by atoms with Crippen molar-refractivity contribution in [2.45, 2.75) is 26.2 Å². The number of hydrogen-bond donors (Lipinski definition) is 2. The first kappa shape index (κ1) is 22.9. The number of rotatable bonds is 10. The average molecular weight is 463 g/mol. The summed E-state index contributed by atoms with van der Waals surface area (Å²) < 4.78 is 11.3.